The summed E-state index contributed by atoms with van der Waals surface area (Å²) < 4.78 is 65.9. The lowest BCUT2D eigenvalue weighted by Crippen LogP contribution is -2.29. The van der Waals surface area contributed by atoms with Gasteiger partial charge >= 0.3 is 0 Å². The second-order valence-corrected chi connectivity index (χ2v) is 9.03. The first-order chi connectivity index (χ1) is 11.3. The zero-order valence-corrected chi connectivity index (χ0v) is 14.4. The van der Waals surface area contributed by atoms with E-state index in [1.165, 1.54) is 47.8 Å². The first kappa shape index (κ1) is 16.9. The molecule has 0 aromatic heterocycles. The van der Waals surface area contributed by atoms with Gasteiger partial charge in [0, 0.05) is 6.54 Å². The maximum atomic E-state index is 13.3. The van der Waals surface area contributed by atoms with Gasteiger partial charge in [-0.1, -0.05) is 6.07 Å². The van der Waals surface area contributed by atoms with Crippen LogP contribution in [0, 0.1) is 5.82 Å². The predicted molar refractivity (Wildman–Crippen MR) is 87.3 cm³/mol. The van der Waals surface area contributed by atoms with E-state index in [-0.39, 0.29) is 16.3 Å². The topological polar surface area (TPSA) is 83.6 Å². The van der Waals surface area contributed by atoms with Gasteiger partial charge in [0.2, 0.25) is 10.0 Å². The van der Waals surface area contributed by atoms with Crippen LogP contribution in [0.15, 0.2) is 52.3 Å². The fourth-order valence-electron chi connectivity index (χ4n) is 2.64. The zero-order valence-electron chi connectivity index (χ0n) is 12.7. The van der Waals surface area contributed by atoms with Crippen molar-refractivity contribution in [2.24, 2.45) is 0 Å². The van der Waals surface area contributed by atoms with E-state index < -0.39 is 25.9 Å². The lowest BCUT2D eigenvalue weighted by molar-refractivity contribution is 0.586. The van der Waals surface area contributed by atoms with Gasteiger partial charge in [-0.05, 0) is 55.4 Å². The van der Waals surface area contributed by atoms with E-state index in [0.717, 1.165) is 6.07 Å². The van der Waals surface area contributed by atoms with Gasteiger partial charge in [-0.2, -0.15) is 0 Å². The van der Waals surface area contributed by atoms with Crippen LogP contribution in [0.1, 0.15) is 5.56 Å². The van der Waals surface area contributed by atoms with Crippen LogP contribution in [-0.2, 0) is 26.5 Å². The van der Waals surface area contributed by atoms with Crippen molar-refractivity contribution in [2.45, 2.75) is 16.2 Å². The minimum Gasteiger partial charge on any atom is -0.266 e. The summed E-state index contributed by atoms with van der Waals surface area (Å²) in [6.07, 6.45) is 0.386. The maximum absolute atomic E-state index is 13.3. The Hall–Kier alpha value is -1.97. The third-order valence-electron chi connectivity index (χ3n) is 3.87. The van der Waals surface area contributed by atoms with E-state index >= 15 is 0 Å². The number of nitrogens with one attached hydrogen (secondary N) is 1. The Morgan fingerprint density at radius 2 is 1.79 bits per heavy atom. The molecular weight excluding hydrogens is 355 g/mol. The largest absolute Gasteiger partial charge is 0.266 e. The number of hydrogen-bond acceptors (Lipinski definition) is 4. The molecule has 0 saturated heterocycles. The molecule has 1 N–H and O–H groups in total. The van der Waals surface area contributed by atoms with Gasteiger partial charge in [-0.25, -0.2) is 25.9 Å². The highest BCUT2D eigenvalue weighted by molar-refractivity contribution is 7.92. The summed E-state index contributed by atoms with van der Waals surface area (Å²) in [5.41, 5.74) is 1.03. The fraction of sp³-hybridized carbons (Fsp3) is 0.200. The molecule has 9 heteroatoms. The molecule has 24 heavy (non-hydrogen) atoms. The van der Waals surface area contributed by atoms with E-state index in [4.69, 9.17) is 0 Å². The molecule has 0 saturated carbocycles. The van der Waals surface area contributed by atoms with Crippen molar-refractivity contribution in [3.63, 3.8) is 0 Å². The monoisotopic (exact) mass is 370 g/mol. The van der Waals surface area contributed by atoms with Crippen molar-refractivity contribution in [1.29, 1.82) is 0 Å². The summed E-state index contributed by atoms with van der Waals surface area (Å²) in [5.74, 6) is -0.633. The molecule has 1 heterocycles. The predicted octanol–water partition coefficient (Wildman–Crippen LogP) is 1.49. The van der Waals surface area contributed by atoms with Crippen LogP contribution in [-0.4, -0.2) is 30.4 Å². The minimum absolute atomic E-state index is 0.0775. The van der Waals surface area contributed by atoms with Crippen molar-refractivity contribution in [3.8, 4) is 0 Å². The number of nitrogens with zero attached hydrogens (tertiary/aromatic N) is 1. The van der Waals surface area contributed by atoms with Gasteiger partial charge in [-0.3, -0.25) is 4.31 Å². The number of fused-ring (bicyclic) bond motifs is 1. The highest BCUT2D eigenvalue weighted by Gasteiger charge is 2.31. The van der Waals surface area contributed by atoms with Gasteiger partial charge in [0.05, 0.1) is 15.5 Å². The highest BCUT2D eigenvalue weighted by atomic mass is 32.2. The zero-order chi connectivity index (χ0) is 17.5. The molecule has 0 unspecified atom stereocenters. The smallest absolute Gasteiger partial charge is 0.264 e. The Bertz CT molecular complexity index is 1000. The number of halogens is 1. The van der Waals surface area contributed by atoms with Crippen LogP contribution in [0.25, 0.3) is 0 Å². The third-order valence-corrected chi connectivity index (χ3v) is 7.09. The summed E-state index contributed by atoms with van der Waals surface area (Å²) in [7, 11) is -6.19. The molecule has 128 valence electrons. The van der Waals surface area contributed by atoms with Gasteiger partial charge in [-0.15, -0.1) is 0 Å². The van der Waals surface area contributed by atoms with Crippen LogP contribution >= 0.6 is 0 Å². The third kappa shape index (κ3) is 2.79. The molecular formula is C15H15FN2O4S2. The molecule has 2 aromatic carbocycles. The SMILES string of the molecule is CNS(=O)(=O)c1ccc2c(c1)CCN2S(=O)(=O)c1cccc(F)c1. The summed E-state index contributed by atoms with van der Waals surface area (Å²) in [6.45, 7) is 0.178. The number of sulfonamides is 2. The average molecular weight is 370 g/mol. The standard InChI is InChI=1S/C15H15FN2O4S2/c1-17-23(19,20)13-5-6-15-11(9-13)7-8-18(15)24(21,22)14-4-2-3-12(16)10-14/h2-6,9-10,17H,7-8H2,1H3. The van der Waals surface area contributed by atoms with Crippen LogP contribution in [0.5, 0.6) is 0 Å². The van der Waals surface area contributed by atoms with Crippen molar-refractivity contribution in [3.05, 3.63) is 53.8 Å². The Balaban J connectivity index is 2.04. The first-order valence-electron chi connectivity index (χ1n) is 7.10. The minimum atomic E-state index is -3.90. The van der Waals surface area contributed by atoms with E-state index in [2.05, 4.69) is 4.72 Å². The number of hydrogen-bond donors (Lipinski definition) is 1. The van der Waals surface area contributed by atoms with Crippen LogP contribution in [0.3, 0.4) is 0 Å². The molecule has 2 aromatic rings. The Morgan fingerprint density at radius 1 is 1.04 bits per heavy atom. The van der Waals surface area contributed by atoms with E-state index in [1.807, 2.05) is 0 Å². The maximum Gasteiger partial charge on any atom is 0.264 e. The molecule has 0 fully saturated rings. The molecule has 6 nitrogen and oxygen atoms in total. The number of rotatable bonds is 4. The molecule has 0 spiro atoms. The van der Waals surface area contributed by atoms with E-state index in [9.17, 15) is 21.2 Å². The Morgan fingerprint density at radius 3 is 2.46 bits per heavy atom. The number of anilines is 1. The lowest BCUT2D eigenvalue weighted by Gasteiger charge is -2.19. The second kappa shape index (κ2) is 5.83. The summed E-state index contributed by atoms with van der Waals surface area (Å²) in [6, 6.07) is 9.08. The van der Waals surface area contributed by atoms with Crippen molar-refractivity contribution in [2.75, 3.05) is 17.9 Å². The Kier molecular flexibility index (Phi) is 4.10. The molecule has 0 atom stereocenters. The molecule has 1 aliphatic heterocycles. The normalized spacial score (nSPS) is 14.7. The van der Waals surface area contributed by atoms with Gasteiger partial charge in [0.1, 0.15) is 5.82 Å². The summed E-state index contributed by atoms with van der Waals surface area (Å²) >= 11 is 0. The van der Waals surface area contributed by atoms with Crippen LogP contribution in [0.2, 0.25) is 0 Å². The molecule has 0 amide bonds. The van der Waals surface area contributed by atoms with Gasteiger partial charge < -0.3 is 0 Å². The number of benzene rings is 2. The molecule has 3 rings (SSSR count). The van der Waals surface area contributed by atoms with E-state index in [0.29, 0.717) is 17.7 Å². The first-order valence-corrected chi connectivity index (χ1v) is 10.0. The van der Waals surface area contributed by atoms with Crippen LogP contribution in [0.4, 0.5) is 10.1 Å². The lowest BCUT2D eigenvalue weighted by atomic mass is 10.2. The van der Waals surface area contributed by atoms with Crippen molar-refractivity contribution < 1.29 is 21.2 Å². The quantitative estimate of drug-likeness (QED) is 0.884. The van der Waals surface area contributed by atoms with E-state index in [1.54, 1.807) is 0 Å². The molecule has 0 bridgehead atoms. The summed E-state index contributed by atoms with van der Waals surface area (Å²) in [5, 5.41) is 0. The van der Waals surface area contributed by atoms with Crippen molar-refractivity contribution >= 4 is 25.7 Å². The summed E-state index contributed by atoms with van der Waals surface area (Å²) in [4.78, 5) is -0.0592. The second-order valence-electron chi connectivity index (χ2n) is 5.28. The highest BCUT2D eigenvalue weighted by Crippen LogP contribution is 2.34. The average Bonchev–Trinajstić information content (AvgIpc) is 2.98. The Labute approximate surface area is 140 Å². The molecule has 0 radical (unpaired) electrons. The molecule has 1 aliphatic rings. The van der Waals surface area contributed by atoms with Crippen LogP contribution < -0.4 is 9.03 Å². The molecule has 0 aliphatic carbocycles. The van der Waals surface area contributed by atoms with Gasteiger partial charge in [0.25, 0.3) is 10.0 Å². The van der Waals surface area contributed by atoms with Crippen molar-refractivity contribution in [1.82, 2.24) is 4.72 Å². The van der Waals surface area contributed by atoms with Gasteiger partial charge in [0.15, 0.2) is 0 Å². The fourth-order valence-corrected chi connectivity index (χ4v) is 4.95.